The largest absolute Gasteiger partial charge is 0.454 e. The molecule has 0 radical (unpaired) electrons. The van der Waals surface area contributed by atoms with Gasteiger partial charge in [0.15, 0.2) is 16.6 Å². The van der Waals surface area contributed by atoms with Gasteiger partial charge < -0.3 is 9.47 Å². The molecule has 26 heavy (non-hydrogen) atoms. The fraction of sp³-hybridized carbons (Fsp3) is 0.0526. The molecular weight excluding hydrogens is 372 g/mol. The number of aromatic nitrogens is 1. The Morgan fingerprint density at radius 1 is 1.19 bits per heavy atom. The summed E-state index contributed by atoms with van der Waals surface area (Å²) in [4.78, 5) is 18.6. The fourth-order valence-corrected chi connectivity index (χ4v) is 3.55. The highest BCUT2D eigenvalue weighted by molar-refractivity contribution is 7.14. The Hall–Kier alpha value is -2.83. The Bertz CT molecular complexity index is 985. The lowest BCUT2D eigenvalue weighted by molar-refractivity contribution is -0.113. The van der Waals surface area contributed by atoms with E-state index in [1.807, 2.05) is 17.5 Å². The van der Waals surface area contributed by atoms with Gasteiger partial charge in [0, 0.05) is 22.0 Å². The maximum absolute atomic E-state index is 12.5. The van der Waals surface area contributed by atoms with Crippen molar-refractivity contribution < 1.29 is 14.3 Å². The number of halogens is 1. The average molecular weight is 385 g/mol. The highest BCUT2D eigenvalue weighted by atomic mass is 35.5. The molecule has 1 amide bonds. The molecule has 0 saturated heterocycles. The molecule has 4 rings (SSSR count). The number of amides is 1. The van der Waals surface area contributed by atoms with E-state index < -0.39 is 0 Å². The van der Waals surface area contributed by atoms with Crippen LogP contribution in [0.2, 0.25) is 5.02 Å². The number of fused-ring (bicyclic) bond motifs is 1. The fourth-order valence-electron chi connectivity index (χ4n) is 2.57. The third kappa shape index (κ3) is 3.05. The number of thiazole rings is 1. The van der Waals surface area contributed by atoms with Gasteiger partial charge in [-0.1, -0.05) is 30.3 Å². The van der Waals surface area contributed by atoms with E-state index in [0.717, 1.165) is 11.3 Å². The van der Waals surface area contributed by atoms with Gasteiger partial charge in [0.1, 0.15) is 0 Å². The number of hydrogen-bond donors (Lipinski definition) is 0. The summed E-state index contributed by atoms with van der Waals surface area (Å²) in [6, 6.07) is 12.7. The van der Waals surface area contributed by atoms with Crippen LogP contribution in [-0.4, -0.2) is 17.7 Å². The molecular formula is C19H13ClN2O3S. The van der Waals surface area contributed by atoms with E-state index in [-0.39, 0.29) is 12.7 Å². The summed E-state index contributed by atoms with van der Waals surface area (Å²) in [6.45, 7) is 3.77. The van der Waals surface area contributed by atoms with E-state index in [1.165, 1.54) is 22.3 Å². The van der Waals surface area contributed by atoms with Crippen LogP contribution in [0.15, 0.2) is 60.5 Å². The first-order valence-electron chi connectivity index (χ1n) is 7.73. The van der Waals surface area contributed by atoms with Gasteiger partial charge in [0.2, 0.25) is 6.79 Å². The monoisotopic (exact) mass is 384 g/mol. The maximum Gasteiger partial charge on any atom is 0.256 e. The molecule has 0 spiro atoms. The summed E-state index contributed by atoms with van der Waals surface area (Å²) >= 11 is 7.31. The Morgan fingerprint density at radius 2 is 1.96 bits per heavy atom. The van der Waals surface area contributed by atoms with Crippen LogP contribution < -0.4 is 14.4 Å². The van der Waals surface area contributed by atoms with Crippen molar-refractivity contribution in [2.24, 2.45) is 0 Å². The number of benzene rings is 2. The molecule has 0 atom stereocenters. The van der Waals surface area contributed by atoms with Gasteiger partial charge in [-0.3, -0.25) is 9.69 Å². The van der Waals surface area contributed by atoms with Crippen molar-refractivity contribution in [1.29, 1.82) is 0 Å². The lowest BCUT2D eigenvalue weighted by Crippen LogP contribution is -2.23. The van der Waals surface area contributed by atoms with Crippen molar-refractivity contribution in [3.8, 4) is 22.8 Å². The molecule has 1 aromatic heterocycles. The predicted molar refractivity (Wildman–Crippen MR) is 102 cm³/mol. The molecule has 1 aliphatic rings. The number of anilines is 2. The first kappa shape index (κ1) is 16.6. The lowest BCUT2D eigenvalue weighted by atomic mass is 10.2. The molecule has 0 N–H and O–H groups in total. The van der Waals surface area contributed by atoms with Crippen LogP contribution in [0.4, 0.5) is 10.8 Å². The summed E-state index contributed by atoms with van der Waals surface area (Å²) in [5.74, 6) is 0.973. The summed E-state index contributed by atoms with van der Waals surface area (Å²) in [5, 5.41) is 3.10. The molecule has 3 aromatic rings. The van der Waals surface area contributed by atoms with Crippen molar-refractivity contribution in [1.82, 2.24) is 4.98 Å². The van der Waals surface area contributed by atoms with E-state index in [9.17, 15) is 4.79 Å². The highest BCUT2D eigenvalue weighted by Gasteiger charge is 2.22. The van der Waals surface area contributed by atoms with Crippen LogP contribution in [0.3, 0.4) is 0 Å². The van der Waals surface area contributed by atoms with Crippen molar-refractivity contribution in [2.75, 3.05) is 11.7 Å². The molecule has 0 unspecified atom stereocenters. The first-order chi connectivity index (χ1) is 12.7. The van der Waals surface area contributed by atoms with Crippen LogP contribution in [0.25, 0.3) is 11.3 Å². The minimum atomic E-state index is -0.277. The standard InChI is InChI=1S/C19H13ClN2O3S/c1-2-18(23)22(14-7-8-16-17(9-14)25-11-24-16)19-21-15(10-26-19)12-3-5-13(20)6-4-12/h2-10H,1,11H2. The van der Waals surface area contributed by atoms with Crippen molar-refractivity contribution in [2.45, 2.75) is 0 Å². The number of carbonyl (C=O) groups excluding carboxylic acids is 1. The van der Waals surface area contributed by atoms with Crippen molar-refractivity contribution in [3.05, 3.63) is 65.5 Å². The quantitative estimate of drug-likeness (QED) is 0.591. The van der Waals surface area contributed by atoms with Gasteiger partial charge in [-0.25, -0.2) is 4.98 Å². The molecule has 0 aliphatic carbocycles. The van der Waals surface area contributed by atoms with E-state index in [2.05, 4.69) is 11.6 Å². The third-order valence-corrected chi connectivity index (χ3v) is 4.91. The van der Waals surface area contributed by atoms with Crippen LogP contribution in [0.1, 0.15) is 0 Å². The second-order valence-corrected chi connectivity index (χ2v) is 6.71. The van der Waals surface area contributed by atoms with Gasteiger partial charge in [0.25, 0.3) is 5.91 Å². The van der Waals surface area contributed by atoms with Gasteiger partial charge in [-0.2, -0.15) is 0 Å². The number of carbonyl (C=O) groups is 1. The summed E-state index contributed by atoms with van der Waals surface area (Å²) in [6.07, 6.45) is 1.26. The highest BCUT2D eigenvalue weighted by Crippen LogP contribution is 2.39. The zero-order valence-corrected chi connectivity index (χ0v) is 15.1. The van der Waals surface area contributed by atoms with Crippen LogP contribution in [-0.2, 0) is 4.79 Å². The average Bonchev–Trinajstić information content (AvgIpc) is 3.31. The van der Waals surface area contributed by atoms with E-state index in [4.69, 9.17) is 21.1 Å². The normalized spacial score (nSPS) is 12.0. The predicted octanol–water partition coefficient (Wildman–Crippen LogP) is 5.04. The summed E-state index contributed by atoms with van der Waals surface area (Å²) < 4.78 is 10.7. The Kier molecular flexibility index (Phi) is 4.36. The summed E-state index contributed by atoms with van der Waals surface area (Å²) in [7, 11) is 0. The number of rotatable bonds is 4. The van der Waals surface area contributed by atoms with Gasteiger partial charge >= 0.3 is 0 Å². The van der Waals surface area contributed by atoms with Gasteiger partial charge in [0.05, 0.1) is 11.4 Å². The number of ether oxygens (including phenoxy) is 2. The Balaban J connectivity index is 1.73. The van der Waals surface area contributed by atoms with Gasteiger partial charge in [-0.05, 0) is 30.3 Å². The molecule has 5 nitrogen and oxygen atoms in total. The molecule has 1 aliphatic heterocycles. The second-order valence-electron chi connectivity index (χ2n) is 5.44. The Morgan fingerprint density at radius 3 is 2.73 bits per heavy atom. The number of hydrogen-bond acceptors (Lipinski definition) is 5. The number of nitrogens with zero attached hydrogens (tertiary/aromatic N) is 2. The van der Waals surface area contributed by atoms with E-state index >= 15 is 0 Å². The molecule has 0 fully saturated rings. The topological polar surface area (TPSA) is 51.7 Å². The third-order valence-electron chi connectivity index (χ3n) is 3.83. The minimum Gasteiger partial charge on any atom is -0.454 e. The smallest absolute Gasteiger partial charge is 0.256 e. The molecule has 0 saturated carbocycles. The SMILES string of the molecule is C=CC(=O)N(c1ccc2c(c1)OCO2)c1nc(-c2ccc(Cl)cc2)cs1. The molecule has 2 heterocycles. The molecule has 2 aromatic carbocycles. The van der Waals surface area contributed by atoms with Crippen LogP contribution in [0.5, 0.6) is 11.5 Å². The van der Waals surface area contributed by atoms with E-state index in [0.29, 0.717) is 27.3 Å². The minimum absolute atomic E-state index is 0.173. The van der Waals surface area contributed by atoms with Crippen LogP contribution >= 0.6 is 22.9 Å². The van der Waals surface area contributed by atoms with E-state index in [1.54, 1.807) is 30.3 Å². The Labute approximate surface area is 159 Å². The molecule has 130 valence electrons. The molecule has 7 heteroatoms. The molecule has 0 bridgehead atoms. The zero-order chi connectivity index (χ0) is 18.1. The summed E-state index contributed by atoms with van der Waals surface area (Å²) in [5.41, 5.74) is 2.33. The zero-order valence-electron chi connectivity index (χ0n) is 13.5. The van der Waals surface area contributed by atoms with Gasteiger partial charge in [-0.15, -0.1) is 11.3 Å². The lowest BCUT2D eigenvalue weighted by Gasteiger charge is -2.18. The second kappa shape index (κ2) is 6.82. The van der Waals surface area contributed by atoms with Crippen molar-refractivity contribution >= 4 is 39.7 Å². The first-order valence-corrected chi connectivity index (χ1v) is 8.99. The maximum atomic E-state index is 12.5. The van der Waals surface area contributed by atoms with Crippen LogP contribution in [0, 0.1) is 0 Å². The van der Waals surface area contributed by atoms with Crippen molar-refractivity contribution in [3.63, 3.8) is 0 Å².